The first-order chi connectivity index (χ1) is 9.81. The third-order valence-electron chi connectivity index (χ3n) is 4.24. The second-order valence-corrected chi connectivity index (χ2v) is 5.70. The molecule has 1 saturated heterocycles. The minimum Gasteiger partial charge on any atom is -0.399 e. The van der Waals surface area contributed by atoms with Crippen molar-refractivity contribution in [3.05, 3.63) is 65.7 Å². The Morgan fingerprint density at radius 2 is 1.52 bits per heavy atom. The van der Waals surface area contributed by atoms with E-state index in [9.17, 15) is 0 Å². The Hall–Kier alpha value is -1.51. The van der Waals surface area contributed by atoms with Gasteiger partial charge in [0.05, 0.1) is 0 Å². The van der Waals surface area contributed by atoms with Crippen molar-refractivity contribution in [3.8, 4) is 0 Å². The maximum absolute atomic E-state index is 5.76. The molecule has 2 aromatic rings. The van der Waals surface area contributed by atoms with Gasteiger partial charge in [0, 0.05) is 12.2 Å². The first-order valence-corrected chi connectivity index (χ1v) is 7.43. The molecule has 0 amide bonds. The van der Waals surface area contributed by atoms with Gasteiger partial charge in [0.1, 0.15) is 0 Å². The standard InChI is InChI=1S/C18H22N2.ClH/c19-18-8-6-16(7-9-18)17-10-12-20(13-11-17)14-15-4-2-1-3-5-15;/h1-9,17H,10-14,19H2;1H. The molecule has 21 heavy (non-hydrogen) atoms. The smallest absolute Gasteiger partial charge is 0.0314 e. The predicted molar refractivity (Wildman–Crippen MR) is 91.8 cm³/mol. The Bertz CT molecular complexity index is 531. The summed E-state index contributed by atoms with van der Waals surface area (Å²) in [5.74, 6) is 0.697. The molecule has 0 bridgehead atoms. The molecule has 0 radical (unpaired) electrons. The van der Waals surface area contributed by atoms with E-state index < -0.39 is 0 Å². The van der Waals surface area contributed by atoms with E-state index in [1.165, 1.54) is 37.1 Å². The lowest BCUT2D eigenvalue weighted by molar-refractivity contribution is 0.204. The topological polar surface area (TPSA) is 29.3 Å². The van der Waals surface area contributed by atoms with Crippen LogP contribution in [0.3, 0.4) is 0 Å². The quantitative estimate of drug-likeness (QED) is 0.866. The van der Waals surface area contributed by atoms with Crippen LogP contribution >= 0.6 is 12.4 Å². The molecule has 1 fully saturated rings. The lowest BCUT2D eigenvalue weighted by Gasteiger charge is -2.32. The fourth-order valence-electron chi connectivity index (χ4n) is 3.03. The number of hydrogen-bond acceptors (Lipinski definition) is 2. The first kappa shape index (κ1) is 15.9. The molecular formula is C18H23ClN2. The van der Waals surface area contributed by atoms with E-state index in [0.29, 0.717) is 5.92 Å². The van der Waals surface area contributed by atoms with Gasteiger partial charge in [0.15, 0.2) is 0 Å². The highest BCUT2D eigenvalue weighted by Crippen LogP contribution is 2.29. The number of nitrogens with two attached hydrogens (primary N) is 1. The van der Waals surface area contributed by atoms with Crippen molar-refractivity contribution in [3.63, 3.8) is 0 Å². The van der Waals surface area contributed by atoms with Crippen LogP contribution in [0, 0.1) is 0 Å². The molecule has 2 N–H and O–H groups in total. The fourth-order valence-corrected chi connectivity index (χ4v) is 3.03. The van der Waals surface area contributed by atoms with Crippen LogP contribution in [0.4, 0.5) is 5.69 Å². The summed E-state index contributed by atoms with van der Waals surface area (Å²) in [5.41, 5.74) is 9.47. The highest BCUT2D eigenvalue weighted by molar-refractivity contribution is 5.85. The number of nitrogens with zero attached hydrogens (tertiary/aromatic N) is 1. The van der Waals surface area contributed by atoms with Crippen molar-refractivity contribution < 1.29 is 0 Å². The summed E-state index contributed by atoms with van der Waals surface area (Å²) >= 11 is 0. The van der Waals surface area contributed by atoms with Crippen LogP contribution in [0.2, 0.25) is 0 Å². The molecule has 1 aliphatic rings. The minimum absolute atomic E-state index is 0. The summed E-state index contributed by atoms with van der Waals surface area (Å²) in [6.45, 7) is 3.45. The zero-order valence-electron chi connectivity index (χ0n) is 12.2. The molecule has 0 aromatic heterocycles. The van der Waals surface area contributed by atoms with Gasteiger partial charge in [0.2, 0.25) is 0 Å². The van der Waals surface area contributed by atoms with E-state index in [1.54, 1.807) is 0 Å². The van der Waals surface area contributed by atoms with Crippen LogP contribution < -0.4 is 5.73 Å². The summed E-state index contributed by atoms with van der Waals surface area (Å²) in [6, 6.07) is 19.2. The molecule has 0 spiro atoms. The van der Waals surface area contributed by atoms with Crippen LogP contribution in [-0.2, 0) is 6.54 Å². The van der Waals surface area contributed by atoms with Gasteiger partial charge in [-0.1, -0.05) is 42.5 Å². The van der Waals surface area contributed by atoms with E-state index >= 15 is 0 Å². The molecule has 112 valence electrons. The van der Waals surface area contributed by atoms with Gasteiger partial charge < -0.3 is 5.73 Å². The van der Waals surface area contributed by atoms with Gasteiger partial charge in [-0.15, -0.1) is 12.4 Å². The summed E-state index contributed by atoms with van der Waals surface area (Å²) in [5, 5.41) is 0. The van der Waals surface area contributed by atoms with E-state index in [2.05, 4.69) is 47.4 Å². The van der Waals surface area contributed by atoms with E-state index in [4.69, 9.17) is 5.73 Å². The predicted octanol–water partition coefficient (Wildman–Crippen LogP) is 4.07. The van der Waals surface area contributed by atoms with Gasteiger partial charge in [-0.25, -0.2) is 0 Å². The Morgan fingerprint density at radius 1 is 0.905 bits per heavy atom. The number of piperidine rings is 1. The van der Waals surface area contributed by atoms with Crippen molar-refractivity contribution in [2.24, 2.45) is 0 Å². The highest BCUT2D eigenvalue weighted by Gasteiger charge is 2.20. The normalized spacial score (nSPS) is 16.4. The number of nitrogen functional groups attached to an aromatic ring is 1. The Balaban J connectivity index is 0.00000161. The van der Waals surface area contributed by atoms with Gasteiger partial charge >= 0.3 is 0 Å². The second-order valence-electron chi connectivity index (χ2n) is 5.70. The molecule has 3 heteroatoms. The van der Waals surface area contributed by atoms with Crippen molar-refractivity contribution in [1.29, 1.82) is 0 Å². The van der Waals surface area contributed by atoms with Crippen molar-refractivity contribution in [2.45, 2.75) is 25.3 Å². The summed E-state index contributed by atoms with van der Waals surface area (Å²) in [6.07, 6.45) is 2.49. The van der Waals surface area contributed by atoms with Crippen molar-refractivity contribution in [1.82, 2.24) is 4.90 Å². The zero-order chi connectivity index (χ0) is 13.8. The van der Waals surface area contributed by atoms with Crippen LogP contribution in [0.15, 0.2) is 54.6 Å². The molecule has 0 aliphatic carbocycles. The summed E-state index contributed by atoms with van der Waals surface area (Å²) in [4.78, 5) is 2.56. The third kappa shape index (κ3) is 4.23. The zero-order valence-corrected chi connectivity index (χ0v) is 13.1. The van der Waals surface area contributed by atoms with Crippen molar-refractivity contribution in [2.75, 3.05) is 18.8 Å². The average molecular weight is 303 g/mol. The SMILES string of the molecule is Cl.Nc1ccc(C2CCN(Cc3ccccc3)CC2)cc1. The lowest BCUT2D eigenvalue weighted by atomic mass is 9.89. The van der Waals surface area contributed by atoms with Gasteiger partial charge in [-0.05, 0) is 55.1 Å². The van der Waals surface area contributed by atoms with E-state index in [-0.39, 0.29) is 12.4 Å². The third-order valence-corrected chi connectivity index (χ3v) is 4.24. The van der Waals surface area contributed by atoms with Gasteiger partial charge in [-0.3, -0.25) is 4.90 Å². The van der Waals surface area contributed by atoms with E-state index in [1.807, 2.05) is 12.1 Å². The molecule has 2 nitrogen and oxygen atoms in total. The minimum atomic E-state index is 0. The lowest BCUT2D eigenvalue weighted by Crippen LogP contribution is -2.32. The monoisotopic (exact) mass is 302 g/mol. The molecule has 3 rings (SSSR count). The molecule has 2 aromatic carbocycles. The molecule has 1 heterocycles. The number of likely N-dealkylation sites (tertiary alicyclic amines) is 1. The Labute approximate surface area is 133 Å². The number of rotatable bonds is 3. The maximum atomic E-state index is 5.76. The molecule has 0 unspecified atom stereocenters. The van der Waals surface area contributed by atoms with Gasteiger partial charge in [-0.2, -0.15) is 0 Å². The maximum Gasteiger partial charge on any atom is 0.0314 e. The number of benzene rings is 2. The summed E-state index contributed by atoms with van der Waals surface area (Å²) < 4.78 is 0. The number of anilines is 1. The summed E-state index contributed by atoms with van der Waals surface area (Å²) in [7, 11) is 0. The molecule has 0 saturated carbocycles. The fraction of sp³-hybridized carbons (Fsp3) is 0.333. The Kier molecular flexibility index (Phi) is 5.66. The Morgan fingerprint density at radius 3 is 2.14 bits per heavy atom. The second kappa shape index (κ2) is 7.48. The molecular weight excluding hydrogens is 280 g/mol. The average Bonchev–Trinajstić information content (AvgIpc) is 2.50. The number of halogens is 1. The van der Waals surface area contributed by atoms with Gasteiger partial charge in [0.25, 0.3) is 0 Å². The van der Waals surface area contributed by atoms with E-state index in [0.717, 1.165) is 12.2 Å². The van der Waals surface area contributed by atoms with Crippen LogP contribution in [0.5, 0.6) is 0 Å². The highest BCUT2D eigenvalue weighted by atomic mass is 35.5. The molecule has 1 aliphatic heterocycles. The van der Waals surface area contributed by atoms with Crippen LogP contribution in [-0.4, -0.2) is 18.0 Å². The largest absolute Gasteiger partial charge is 0.399 e. The van der Waals surface area contributed by atoms with Crippen LogP contribution in [0.1, 0.15) is 29.9 Å². The molecule has 0 atom stereocenters. The van der Waals surface area contributed by atoms with Crippen LogP contribution in [0.25, 0.3) is 0 Å². The first-order valence-electron chi connectivity index (χ1n) is 7.43. The van der Waals surface area contributed by atoms with Crippen molar-refractivity contribution >= 4 is 18.1 Å². The number of hydrogen-bond donors (Lipinski definition) is 1.